The standard InChI is InChI=1S/C27H30N4O/c1-19-9-8-16-31-25(18-28-27(19)31)24(22-12-14-23(15-13-22)30(3)4)17-26(32)29-20(2)21-10-6-5-7-11-21/h5-16,18,20,24H,17H2,1-4H3,(H,29,32). The molecule has 0 spiro atoms. The van der Waals surface area contributed by atoms with E-state index >= 15 is 0 Å². The molecule has 0 aliphatic carbocycles. The number of aryl methyl sites for hydroxylation is 1. The Bertz CT molecular complexity index is 1200. The fourth-order valence-electron chi connectivity index (χ4n) is 4.14. The van der Waals surface area contributed by atoms with Crippen LogP contribution in [0.3, 0.4) is 0 Å². The molecule has 2 atom stereocenters. The Morgan fingerprint density at radius 3 is 2.41 bits per heavy atom. The van der Waals surface area contributed by atoms with Gasteiger partial charge in [-0.05, 0) is 48.7 Å². The van der Waals surface area contributed by atoms with E-state index in [1.807, 2.05) is 69.8 Å². The molecule has 0 saturated heterocycles. The second-order valence-corrected chi connectivity index (χ2v) is 8.51. The summed E-state index contributed by atoms with van der Waals surface area (Å²) in [6.45, 7) is 4.08. The van der Waals surface area contributed by atoms with Gasteiger partial charge in [0.05, 0.1) is 11.7 Å². The Morgan fingerprint density at radius 2 is 1.72 bits per heavy atom. The van der Waals surface area contributed by atoms with Crippen LogP contribution in [0.15, 0.2) is 79.1 Å². The number of amides is 1. The second-order valence-electron chi connectivity index (χ2n) is 8.51. The van der Waals surface area contributed by atoms with Crippen LogP contribution in [0.1, 0.15) is 47.7 Å². The number of pyridine rings is 1. The lowest BCUT2D eigenvalue weighted by Crippen LogP contribution is -2.28. The maximum absolute atomic E-state index is 13.1. The number of nitrogens with one attached hydrogen (secondary N) is 1. The molecular formula is C27H30N4O. The Kier molecular flexibility index (Phi) is 6.26. The van der Waals surface area contributed by atoms with E-state index in [-0.39, 0.29) is 17.9 Å². The van der Waals surface area contributed by atoms with Crippen molar-refractivity contribution in [2.45, 2.75) is 32.2 Å². The van der Waals surface area contributed by atoms with Crippen LogP contribution in [-0.4, -0.2) is 29.4 Å². The van der Waals surface area contributed by atoms with E-state index < -0.39 is 0 Å². The lowest BCUT2D eigenvalue weighted by Gasteiger charge is -2.21. The van der Waals surface area contributed by atoms with Crippen molar-refractivity contribution < 1.29 is 4.79 Å². The smallest absolute Gasteiger partial charge is 0.221 e. The molecule has 2 unspecified atom stereocenters. The van der Waals surface area contributed by atoms with Gasteiger partial charge in [-0.3, -0.25) is 4.79 Å². The van der Waals surface area contributed by atoms with Crippen LogP contribution in [0.25, 0.3) is 5.65 Å². The molecule has 0 saturated carbocycles. The van der Waals surface area contributed by atoms with Crippen molar-refractivity contribution in [2.24, 2.45) is 0 Å². The van der Waals surface area contributed by atoms with Crippen LogP contribution in [0.4, 0.5) is 5.69 Å². The molecule has 2 heterocycles. The van der Waals surface area contributed by atoms with Crippen LogP contribution in [0, 0.1) is 6.92 Å². The van der Waals surface area contributed by atoms with Gasteiger partial charge in [0.1, 0.15) is 5.65 Å². The van der Waals surface area contributed by atoms with Crippen molar-refractivity contribution in [3.63, 3.8) is 0 Å². The number of hydrogen-bond donors (Lipinski definition) is 1. The zero-order valence-corrected chi connectivity index (χ0v) is 19.1. The van der Waals surface area contributed by atoms with E-state index in [1.165, 1.54) is 0 Å². The van der Waals surface area contributed by atoms with E-state index in [0.29, 0.717) is 6.42 Å². The van der Waals surface area contributed by atoms with Gasteiger partial charge in [-0.15, -0.1) is 0 Å². The second kappa shape index (κ2) is 9.27. The fraction of sp³-hybridized carbons (Fsp3) is 0.259. The summed E-state index contributed by atoms with van der Waals surface area (Å²) < 4.78 is 2.10. The van der Waals surface area contributed by atoms with Crippen LogP contribution in [-0.2, 0) is 4.79 Å². The topological polar surface area (TPSA) is 49.6 Å². The molecule has 1 amide bonds. The highest BCUT2D eigenvalue weighted by Crippen LogP contribution is 2.31. The van der Waals surface area contributed by atoms with Crippen LogP contribution in [0.5, 0.6) is 0 Å². The van der Waals surface area contributed by atoms with E-state index in [0.717, 1.165) is 33.7 Å². The molecular weight excluding hydrogens is 396 g/mol. The molecule has 0 aliphatic rings. The van der Waals surface area contributed by atoms with Crippen LogP contribution < -0.4 is 10.2 Å². The largest absolute Gasteiger partial charge is 0.378 e. The Balaban J connectivity index is 1.66. The number of carbonyl (C=O) groups is 1. The zero-order chi connectivity index (χ0) is 22.7. The summed E-state index contributed by atoms with van der Waals surface area (Å²) in [6, 6.07) is 22.5. The molecule has 164 valence electrons. The predicted molar refractivity (Wildman–Crippen MR) is 130 cm³/mol. The van der Waals surface area contributed by atoms with Crippen LogP contribution >= 0.6 is 0 Å². The number of nitrogens with zero attached hydrogens (tertiary/aromatic N) is 3. The van der Waals surface area contributed by atoms with Crippen molar-refractivity contribution in [3.05, 3.63) is 102 Å². The van der Waals surface area contributed by atoms with Crippen molar-refractivity contribution >= 4 is 17.2 Å². The molecule has 2 aromatic carbocycles. The summed E-state index contributed by atoms with van der Waals surface area (Å²) in [5.41, 5.74) is 6.38. The SMILES string of the molecule is Cc1cccn2c(C(CC(=O)NC(C)c3ccccc3)c3ccc(N(C)C)cc3)cnc12. The quantitative estimate of drug-likeness (QED) is 0.447. The number of hydrogen-bond acceptors (Lipinski definition) is 3. The normalized spacial score (nSPS) is 13.0. The molecule has 0 bridgehead atoms. The summed E-state index contributed by atoms with van der Waals surface area (Å²) in [5.74, 6) is -0.0865. The number of aromatic nitrogens is 2. The third-order valence-electron chi connectivity index (χ3n) is 5.99. The first-order valence-corrected chi connectivity index (χ1v) is 11.0. The number of fused-ring (bicyclic) bond motifs is 1. The molecule has 0 aliphatic heterocycles. The maximum atomic E-state index is 13.1. The highest BCUT2D eigenvalue weighted by Gasteiger charge is 2.23. The number of rotatable bonds is 7. The number of benzene rings is 2. The van der Waals surface area contributed by atoms with Gasteiger partial charge in [0.2, 0.25) is 5.91 Å². The predicted octanol–water partition coefficient (Wildman–Crippen LogP) is 5.11. The summed E-state index contributed by atoms with van der Waals surface area (Å²) >= 11 is 0. The van der Waals surface area contributed by atoms with Gasteiger partial charge in [0, 0.05) is 44.5 Å². The van der Waals surface area contributed by atoms with Gasteiger partial charge in [-0.25, -0.2) is 4.98 Å². The van der Waals surface area contributed by atoms with Gasteiger partial charge in [0.25, 0.3) is 0 Å². The van der Waals surface area contributed by atoms with Gasteiger partial charge in [-0.2, -0.15) is 0 Å². The Hall–Kier alpha value is -3.60. The van der Waals surface area contributed by atoms with Gasteiger partial charge < -0.3 is 14.6 Å². The van der Waals surface area contributed by atoms with E-state index in [1.54, 1.807) is 0 Å². The molecule has 5 heteroatoms. The molecule has 4 aromatic rings. The lowest BCUT2D eigenvalue weighted by molar-refractivity contribution is -0.122. The van der Waals surface area contributed by atoms with Gasteiger partial charge in [-0.1, -0.05) is 48.5 Å². The van der Waals surface area contributed by atoms with Crippen molar-refractivity contribution in [3.8, 4) is 0 Å². The molecule has 4 rings (SSSR count). The maximum Gasteiger partial charge on any atom is 0.221 e. The van der Waals surface area contributed by atoms with Crippen molar-refractivity contribution in [1.29, 1.82) is 0 Å². The Labute approximate surface area is 189 Å². The highest BCUT2D eigenvalue weighted by atomic mass is 16.1. The number of anilines is 1. The average molecular weight is 427 g/mol. The van der Waals surface area contributed by atoms with E-state index in [9.17, 15) is 4.79 Å². The average Bonchev–Trinajstić information content (AvgIpc) is 3.23. The van der Waals surface area contributed by atoms with Crippen molar-refractivity contribution in [1.82, 2.24) is 14.7 Å². The van der Waals surface area contributed by atoms with E-state index in [2.05, 4.69) is 56.9 Å². The Morgan fingerprint density at radius 1 is 1.00 bits per heavy atom. The summed E-state index contributed by atoms with van der Waals surface area (Å²) in [6.07, 6.45) is 4.28. The molecule has 1 N–H and O–H groups in total. The number of carbonyl (C=O) groups excluding carboxylic acids is 1. The van der Waals surface area contributed by atoms with E-state index in [4.69, 9.17) is 0 Å². The summed E-state index contributed by atoms with van der Waals surface area (Å²) in [4.78, 5) is 19.9. The monoisotopic (exact) mass is 426 g/mol. The molecule has 32 heavy (non-hydrogen) atoms. The first kappa shape index (κ1) is 21.6. The molecule has 2 aromatic heterocycles. The summed E-state index contributed by atoms with van der Waals surface area (Å²) in [7, 11) is 4.05. The minimum atomic E-state index is -0.106. The fourth-order valence-corrected chi connectivity index (χ4v) is 4.14. The highest BCUT2D eigenvalue weighted by molar-refractivity contribution is 5.78. The summed E-state index contributed by atoms with van der Waals surface area (Å²) in [5, 5.41) is 3.17. The minimum Gasteiger partial charge on any atom is -0.378 e. The molecule has 0 fully saturated rings. The first-order chi connectivity index (χ1) is 15.4. The zero-order valence-electron chi connectivity index (χ0n) is 19.1. The third-order valence-corrected chi connectivity index (χ3v) is 5.99. The number of imidazole rings is 1. The van der Waals surface area contributed by atoms with Crippen LogP contribution in [0.2, 0.25) is 0 Å². The first-order valence-electron chi connectivity index (χ1n) is 11.0. The van der Waals surface area contributed by atoms with Gasteiger partial charge >= 0.3 is 0 Å². The molecule has 0 radical (unpaired) electrons. The lowest BCUT2D eigenvalue weighted by atomic mass is 9.91. The minimum absolute atomic E-state index is 0.0191. The third kappa shape index (κ3) is 4.52. The van der Waals surface area contributed by atoms with Gasteiger partial charge in [0.15, 0.2) is 0 Å². The molecule has 5 nitrogen and oxygen atoms in total. The van der Waals surface area contributed by atoms with Crippen molar-refractivity contribution in [2.75, 3.05) is 19.0 Å².